The number of unbranched alkanes of at least 4 members (excludes halogenated alkanes) is 5. The first-order valence-corrected chi connectivity index (χ1v) is 8.11. The Kier molecular flexibility index (Phi) is 6.48. The molecule has 1 aliphatic heterocycles. The summed E-state index contributed by atoms with van der Waals surface area (Å²) in [4.78, 5) is 0. The highest BCUT2D eigenvalue weighted by molar-refractivity contribution is 7.85. The largest absolute Gasteiger partial charge is 0.227 e. The zero-order valence-electron chi connectivity index (χ0n) is 9.29. The summed E-state index contributed by atoms with van der Waals surface area (Å²) in [5.74, 6) is 0. The second kappa shape index (κ2) is 7.43. The highest BCUT2D eigenvalue weighted by atomic mass is 31.7. The molecule has 0 atom stereocenters. The molecule has 0 saturated heterocycles. The summed E-state index contributed by atoms with van der Waals surface area (Å²) in [7, 11) is 2.66. The first-order valence-electron chi connectivity index (χ1n) is 5.66. The lowest BCUT2D eigenvalue weighted by Crippen LogP contribution is -1.91. The van der Waals surface area contributed by atoms with Crippen molar-refractivity contribution in [3.63, 3.8) is 0 Å². The van der Waals surface area contributed by atoms with Gasteiger partial charge in [0.05, 0.1) is 13.7 Å². The average Bonchev–Trinajstić information content (AvgIpc) is 2.58. The lowest BCUT2D eigenvalue weighted by molar-refractivity contribution is 0.603. The molecule has 0 aliphatic carbocycles. The predicted molar refractivity (Wildman–Crippen MR) is 66.7 cm³/mol. The Labute approximate surface area is 91.2 Å². The van der Waals surface area contributed by atoms with Crippen LogP contribution in [0.5, 0.6) is 0 Å². The number of allylic oxidation sites excluding steroid dienone is 2. The maximum absolute atomic E-state index is 4.49. The van der Waals surface area contributed by atoms with Crippen LogP contribution in [0.2, 0.25) is 0 Å². The van der Waals surface area contributed by atoms with Gasteiger partial charge in [0.15, 0.2) is 0 Å². The van der Waals surface area contributed by atoms with E-state index in [1.165, 1.54) is 71.8 Å². The molecule has 0 N–H and O–H groups in total. The van der Waals surface area contributed by atoms with Gasteiger partial charge >= 0.3 is 0 Å². The van der Waals surface area contributed by atoms with Crippen molar-refractivity contribution in [3.05, 3.63) is 11.0 Å². The lowest BCUT2D eigenvalue weighted by atomic mass is 10.1. The highest BCUT2D eigenvalue weighted by Gasteiger charge is 2.06. The highest BCUT2D eigenvalue weighted by Crippen LogP contribution is 2.36. The van der Waals surface area contributed by atoms with Crippen LogP contribution in [0.25, 0.3) is 0 Å². The summed E-state index contributed by atoms with van der Waals surface area (Å²) in [6.07, 6.45) is 9.53. The molecule has 1 radical (unpaired) electrons. The van der Waals surface area contributed by atoms with Gasteiger partial charge < -0.3 is 0 Å². The Hall–Kier alpha value is 0.140. The van der Waals surface area contributed by atoms with Crippen molar-refractivity contribution in [1.29, 1.82) is 0 Å². The SMILES string of the molecule is CCCCCCCCC1=C(C)P=P[N]1. The van der Waals surface area contributed by atoms with Gasteiger partial charge in [-0.1, -0.05) is 39.0 Å². The summed E-state index contributed by atoms with van der Waals surface area (Å²) >= 11 is 0. The van der Waals surface area contributed by atoms with E-state index in [9.17, 15) is 0 Å². The average molecular weight is 228 g/mol. The first-order chi connectivity index (χ1) is 6.84. The molecule has 0 aromatic rings. The molecule has 0 amide bonds. The van der Waals surface area contributed by atoms with Crippen LogP contribution in [0.15, 0.2) is 11.0 Å². The Balaban J connectivity index is 1.97. The second-order valence-corrected chi connectivity index (χ2v) is 6.23. The van der Waals surface area contributed by atoms with E-state index in [4.69, 9.17) is 0 Å². The van der Waals surface area contributed by atoms with E-state index in [0.717, 1.165) is 0 Å². The molecular formula is C11H20NP2. The van der Waals surface area contributed by atoms with Gasteiger partial charge in [0.1, 0.15) is 0 Å². The van der Waals surface area contributed by atoms with Crippen molar-refractivity contribution in [1.82, 2.24) is 5.09 Å². The lowest BCUT2D eigenvalue weighted by Gasteiger charge is -2.02. The van der Waals surface area contributed by atoms with Crippen LogP contribution in [-0.4, -0.2) is 0 Å². The maximum atomic E-state index is 4.49. The first kappa shape index (κ1) is 12.2. The number of hydrogen-bond donors (Lipinski definition) is 0. The van der Waals surface area contributed by atoms with Gasteiger partial charge in [0.2, 0.25) is 0 Å². The topological polar surface area (TPSA) is 14.1 Å². The zero-order valence-corrected chi connectivity index (χ0v) is 11.1. The Morgan fingerprint density at radius 1 is 1.07 bits per heavy atom. The predicted octanol–water partition coefficient (Wildman–Crippen LogP) is 5.31. The molecule has 14 heavy (non-hydrogen) atoms. The molecule has 0 aromatic carbocycles. The summed E-state index contributed by atoms with van der Waals surface area (Å²) in [5, 5.41) is 5.99. The van der Waals surface area contributed by atoms with Crippen LogP contribution in [-0.2, 0) is 0 Å². The van der Waals surface area contributed by atoms with Crippen LogP contribution < -0.4 is 5.09 Å². The Bertz CT molecular complexity index is 221. The molecule has 1 nitrogen and oxygen atoms in total. The van der Waals surface area contributed by atoms with Gasteiger partial charge in [-0.2, -0.15) is 0 Å². The molecule has 0 bridgehead atoms. The summed E-state index contributed by atoms with van der Waals surface area (Å²) in [6.45, 7) is 4.49. The van der Waals surface area contributed by atoms with Crippen molar-refractivity contribution in [2.75, 3.05) is 0 Å². The van der Waals surface area contributed by atoms with E-state index in [1.54, 1.807) is 0 Å². The molecule has 3 heteroatoms. The van der Waals surface area contributed by atoms with Crippen molar-refractivity contribution in [2.45, 2.75) is 58.8 Å². The third-order valence-corrected chi connectivity index (χ3v) is 4.96. The van der Waals surface area contributed by atoms with E-state index in [1.807, 2.05) is 0 Å². The third kappa shape index (κ3) is 4.58. The number of nitrogens with zero attached hydrogens (tertiary/aromatic N) is 1. The summed E-state index contributed by atoms with van der Waals surface area (Å²) in [5.41, 5.74) is 1.39. The van der Waals surface area contributed by atoms with E-state index in [2.05, 4.69) is 18.9 Å². The smallest absolute Gasteiger partial charge is 0.0699 e. The third-order valence-electron chi connectivity index (χ3n) is 2.54. The van der Waals surface area contributed by atoms with E-state index >= 15 is 0 Å². The molecule has 1 aliphatic rings. The fourth-order valence-electron chi connectivity index (χ4n) is 1.58. The molecule has 1 rings (SSSR count). The number of rotatable bonds is 7. The van der Waals surface area contributed by atoms with Gasteiger partial charge in [-0.25, -0.2) is 5.09 Å². The van der Waals surface area contributed by atoms with Crippen molar-refractivity contribution < 1.29 is 0 Å². The molecule has 0 aromatic heterocycles. The van der Waals surface area contributed by atoms with E-state index < -0.39 is 0 Å². The molecule has 0 spiro atoms. The molecule has 1 heterocycles. The molecule has 0 fully saturated rings. The van der Waals surface area contributed by atoms with Gasteiger partial charge in [-0.15, -0.1) is 0 Å². The minimum absolute atomic E-state index is 1.22. The molecule has 0 unspecified atom stereocenters. The fraction of sp³-hybridized carbons (Fsp3) is 0.818. The molecule has 0 saturated carbocycles. The van der Waals surface area contributed by atoms with Crippen molar-refractivity contribution in [3.8, 4) is 0 Å². The van der Waals surface area contributed by atoms with Gasteiger partial charge in [-0.3, -0.25) is 0 Å². The van der Waals surface area contributed by atoms with E-state index in [-0.39, 0.29) is 0 Å². The quantitative estimate of drug-likeness (QED) is 0.414. The van der Waals surface area contributed by atoms with Crippen molar-refractivity contribution >= 4 is 15.9 Å². The number of hydrogen-bond acceptors (Lipinski definition) is 0. The summed E-state index contributed by atoms with van der Waals surface area (Å²) in [6, 6.07) is 0. The van der Waals surface area contributed by atoms with Gasteiger partial charge in [0.25, 0.3) is 0 Å². The summed E-state index contributed by atoms with van der Waals surface area (Å²) < 4.78 is 0. The monoisotopic (exact) mass is 228 g/mol. The zero-order chi connectivity index (χ0) is 10.2. The minimum Gasteiger partial charge on any atom is -0.227 e. The second-order valence-electron chi connectivity index (χ2n) is 3.84. The standard InChI is InChI=1S/C11H20NP2/c1-3-4-5-6-7-8-9-11-10(2)13-14-12-11/h3-9H2,1-2H3. The van der Waals surface area contributed by atoms with Crippen LogP contribution in [0, 0.1) is 0 Å². The fourth-order valence-corrected chi connectivity index (χ4v) is 3.68. The normalized spacial score (nSPS) is 17.3. The maximum Gasteiger partial charge on any atom is 0.0699 e. The Morgan fingerprint density at radius 3 is 2.43 bits per heavy atom. The van der Waals surface area contributed by atoms with Crippen LogP contribution in [0.3, 0.4) is 0 Å². The van der Waals surface area contributed by atoms with Crippen LogP contribution >= 0.6 is 15.9 Å². The van der Waals surface area contributed by atoms with Gasteiger partial charge in [-0.05, 0) is 27.6 Å². The van der Waals surface area contributed by atoms with Gasteiger partial charge in [0, 0.05) is 5.31 Å². The Morgan fingerprint density at radius 2 is 1.79 bits per heavy atom. The van der Waals surface area contributed by atoms with Crippen LogP contribution in [0.4, 0.5) is 0 Å². The van der Waals surface area contributed by atoms with Crippen molar-refractivity contribution in [2.24, 2.45) is 0 Å². The van der Waals surface area contributed by atoms with Crippen LogP contribution in [0.1, 0.15) is 58.8 Å². The molecular weight excluding hydrogens is 208 g/mol. The van der Waals surface area contributed by atoms with E-state index in [0.29, 0.717) is 0 Å². The minimum atomic E-state index is 1.22. The molecule has 79 valence electrons.